The molecule has 1 aliphatic heterocycles. The summed E-state index contributed by atoms with van der Waals surface area (Å²) in [5.74, 6) is 2.33. The van der Waals surface area contributed by atoms with Crippen molar-refractivity contribution >= 4 is 39.9 Å². The predicted molar refractivity (Wildman–Crippen MR) is 182 cm³/mol. The lowest BCUT2D eigenvalue weighted by Gasteiger charge is -2.23. The minimum atomic E-state index is -0.468. The van der Waals surface area contributed by atoms with Gasteiger partial charge in [0.15, 0.2) is 5.13 Å². The number of carbonyl (C=O) groups excluding carboxylic acids is 2. The van der Waals surface area contributed by atoms with Crippen LogP contribution in [0.1, 0.15) is 44.4 Å². The van der Waals surface area contributed by atoms with Gasteiger partial charge in [0.05, 0.1) is 41.4 Å². The summed E-state index contributed by atoms with van der Waals surface area (Å²) in [5, 5.41) is 11.1. The Balaban J connectivity index is 1.08. The molecule has 1 fully saturated rings. The zero-order valence-electron chi connectivity index (χ0n) is 26.7. The topological polar surface area (TPSA) is 136 Å². The quantitative estimate of drug-likeness (QED) is 0.161. The molecule has 5 aromatic rings. The number of aryl methyl sites for hydroxylation is 1. The lowest BCUT2D eigenvalue weighted by Crippen LogP contribution is -2.34. The number of rotatable bonds is 10. The maximum atomic E-state index is 13.0. The summed E-state index contributed by atoms with van der Waals surface area (Å²) < 4.78 is 13.0. The molecule has 2 N–H and O–H groups in total. The Morgan fingerprint density at radius 2 is 1.79 bits per heavy atom. The van der Waals surface area contributed by atoms with E-state index in [1.54, 1.807) is 22.9 Å². The van der Waals surface area contributed by atoms with E-state index in [4.69, 9.17) is 14.6 Å². The van der Waals surface area contributed by atoms with Gasteiger partial charge < -0.3 is 14.8 Å². The molecule has 13 heteroatoms. The van der Waals surface area contributed by atoms with E-state index in [0.29, 0.717) is 36.1 Å². The summed E-state index contributed by atoms with van der Waals surface area (Å²) in [5.41, 5.74) is 3.99. The Kier molecular flexibility index (Phi) is 9.43. The number of aromatic nitrogens is 5. The van der Waals surface area contributed by atoms with Crippen molar-refractivity contribution in [2.24, 2.45) is 5.92 Å². The number of ether oxygens (including phenoxy) is 2. The second-order valence-electron chi connectivity index (χ2n) is 11.7. The Hall–Kier alpha value is -5.30. The van der Waals surface area contributed by atoms with E-state index in [9.17, 15) is 9.59 Å². The highest BCUT2D eigenvalue weighted by Gasteiger charge is 2.22. The number of amides is 3. The van der Waals surface area contributed by atoms with Gasteiger partial charge in [0.1, 0.15) is 17.3 Å². The molecule has 0 unspecified atom stereocenters. The average molecular weight is 653 g/mol. The van der Waals surface area contributed by atoms with Crippen LogP contribution in [-0.4, -0.2) is 50.3 Å². The Morgan fingerprint density at radius 3 is 2.51 bits per heavy atom. The van der Waals surface area contributed by atoms with Crippen LogP contribution in [0.15, 0.2) is 67.1 Å². The molecule has 12 nitrogen and oxygen atoms in total. The Morgan fingerprint density at radius 1 is 1.00 bits per heavy atom. The second-order valence-corrected chi connectivity index (χ2v) is 12.7. The van der Waals surface area contributed by atoms with Crippen LogP contribution in [0.2, 0.25) is 0 Å². The molecule has 0 radical (unpaired) electrons. The van der Waals surface area contributed by atoms with Crippen LogP contribution in [0.25, 0.3) is 16.1 Å². The van der Waals surface area contributed by atoms with Gasteiger partial charge in [0, 0.05) is 31.3 Å². The molecule has 3 aromatic heterocycles. The van der Waals surface area contributed by atoms with Crippen LogP contribution in [0, 0.1) is 12.8 Å². The number of hydrogen-bond donors (Lipinski definition) is 2. The summed E-state index contributed by atoms with van der Waals surface area (Å²) in [6.07, 6.45) is 8.01. The van der Waals surface area contributed by atoms with E-state index in [0.717, 1.165) is 57.5 Å². The van der Waals surface area contributed by atoms with Crippen molar-refractivity contribution in [3.05, 3.63) is 78.4 Å². The molecule has 242 valence electrons. The van der Waals surface area contributed by atoms with Crippen LogP contribution in [0.5, 0.6) is 17.5 Å². The lowest BCUT2D eigenvalue weighted by atomic mass is 10.1. The molecule has 3 amide bonds. The number of piperidine rings is 1. The van der Waals surface area contributed by atoms with E-state index in [1.165, 1.54) is 23.7 Å². The van der Waals surface area contributed by atoms with Crippen molar-refractivity contribution in [3.63, 3.8) is 0 Å². The molecule has 2 aromatic carbocycles. The fraction of sp³-hybridized carbons (Fsp3) is 0.294. The lowest BCUT2D eigenvalue weighted by molar-refractivity contribution is -0.119. The van der Waals surface area contributed by atoms with Crippen molar-refractivity contribution in [3.8, 4) is 33.6 Å². The van der Waals surface area contributed by atoms with Gasteiger partial charge in [-0.15, -0.1) is 0 Å². The third-order valence-electron chi connectivity index (χ3n) is 7.54. The largest absolute Gasteiger partial charge is 0.496 e. The van der Waals surface area contributed by atoms with Crippen molar-refractivity contribution < 1.29 is 19.1 Å². The zero-order chi connectivity index (χ0) is 32.9. The fourth-order valence-electron chi connectivity index (χ4n) is 5.21. The molecule has 1 aliphatic rings. The van der Waals surface area contributed by atoms with Gasteiger partial charge in [0.25, 0.3) is 0 Å². The first-order valence-corrected chi connectivity index (χ1v) is 16.3. The van der Waals surface area contributed by atoms with Gasteiger partial charge in [0.2, 0.25) is 5.91 Å². The molecule has 0 spiro atoms. The average Bonchev–Trinajstić information content (AvgIpc) is 3.70. The number of hydrogen-bond acceptors (Lipinski definition) is 9. The van der Waals surface area contributed by atoms with Gasteiger partial charge in [-0.25, -0.2) is 24.4 Å². The van der Waals surface area contributed by atoms with E-state index in [2.05, 4.69) is 39.4 Å². The van der Waals surface area contributed by atoms with Gasteiger partial charge in [-0.2, -0.15) is 5.10 Å². The second kappa shape index (κ2) is 14.0. The van der Waals surface area contributed by atoms with Crippen molar-refractivity contribution in [1.82, 2.24) is 24.7 Å². The molecule has 4 heterocycles. The first-order chi connectivity index (χ1) is 22.7. The standard InChI is InChI=1S/C34H36N8O4S/c1-21(2)15-24-16-30(42(40-24)26-11-8-22(3)28(17-26)45-4)39-32(44)38-25-18-35-33(36-19-25)46-27-12-9-23(10-13-27)29-20-37-34(47-29)41-14-6-5-7-31(41)43/h8-13,16-21H,5-7,14-15H2,1-4H3,(H2,38,39,44). The number of nitrogens with zero attached hydrogens (tertiary/aromatic N) is 6. The SMILES string of the molecule is COc1cc(-n2nc(CC(C)C)cc2NC(=O)Nc2cnc(Oc3ccc(-c4cnc(N5CCCCC5=O)s4)cc3)nc2)ccc1C. The molecule has 1 saturated heterocycles. The minimum absolute atomic E-state index is 0.130. The summed E-state index contributed by atoms with van der Waals surface area (Å²) in [6.45, 7) is 6.92. The third kappa shape index (κ3) is 7.58. The van der Waals surface area contributed by atoms with Crippen LogP contribution in [0.4, 0.5) is 21.4 Å². The third-order valence-corrected chi connectivity index (χ3v) is 8.61. The van der Waals surface area contributed by atoms with Gasteiger partial charge in [-0.05, 0) is 73.6 Å². The normalized spacial score (nSPS) is 13.1. The highest BCUT2D eigenvalue weighted by molar-refractivity contribution is 7.19. The number of nitrogens with one attached hydrogen (secondary N) is 2. The van der Waals surface area contributed by atoms with Gasteiger partial charge >= 0.3 is 12.0 Å². The van der Waals surface area contributed by atoms with Crippen molar-refractivity contribution in [2.75, 3.05) is 29.2 Å². The van der Waals surface area contributed by atoms with E-state index in [-0.39, 0.29) is 11.9 Å². The van der Waals surface area contributed by atoms with Crippen LogP contribution in [-0.2, 0) is 11.2 Å². The molecular formula is C34H36N8O4S. The van der Waals surface area contributed by atoms with E-state index >= 15 is 0 Å². The summed E-state index contributed by atoms with van der Waals surface area (Å²) in [4.78, 5) is 41.0. The zero-order valence-corrected chi connectivity index (χ0v) is 27.5. The first-order valence-electron chi connectivity index (χ1n) is 15.4. The van der Waals surface area contributed by atoms with Crippen molar-refractivity contribution in [1.29, 1.82) is 0 Å². The number of thiazole rings is 1. The highest BCUT2D eigenvalue weighted by atomic mass is 32.1. The smallest absolute Gasteiger partial charge is 0.324 e. The molecule has 0 saturated carbocycles. The van der Waals surface area contributed by atoms with Crippen LogP contribution >= 0.6 is 11.3 Å². The minimum Gasteiger partial charge on any atom is -0.496 e. The van der Waals surface area contributed by atoms with Gasteiger partial charge in [-0.1, -0.05) is 31.3 Å². The Bertz CT molecular complexity index is 1870. The highest BCUT2D eigenvalue weighted by Crippen LogP contribution is 2.34. The number of urea groups is 1. The molecule has 0 bridgehead atoms. The molecule has 0 atom stereocenters. The number of methoxy groups -OCH3 is 1. The fourth-order valence-corrected chi connectivity index (χ4v) is 6.18. The summed E-state index contributed by atoms with van der Waals surface area (Å²) in [7, 11) is 1.63. The molecule has 6 rings (SSSR count). The number of benzene rings is 2. The maximum Gasteiger partial charge on any atom is 0.324 e. The molecule has 0 aliphatic carbocycles. The maximum absolute atomic E-state index is 13.0. The van der Waals surface area contributed by atoms with Crippen LogP contribution in [0.3, 0.4) is 0 Å². The van der Waals surface area contributed by atoms with E-state index < -0.39 is 6.03 Å². The van der Waals surface area contributed by atoms with Crippen molar-refractivity contribution in [2.45, 2.75) is 46.5 Å². The van der Waals surface area contributed by atoms with E-state index in [1.807, 2.05) is 55.5 Å². The number of carbonyl (C=O) groups is 2. The predicted octanol–water partition coefficient (Wildman–Crippen LogP) is 7.25. The van der Waals surface area contributed by atoms with Crippen LogP contribution < -0.4 is 25.0 Å². The molecular weight excluding hydrogens is 616 g/mol. The van der Waals surface area contributed by atoms with Gasteiger partial charge in [-0.3, -0.25) is 15.0 Å². The summed E-state index contributed by atoms with van der Waals surface area (Å²) in [6, 6.07) is 14.8. The summed E-state index contributed by atoms with van der Waals surface area (Å²) >= 11 is 1.50. The Labute approximate surface area is 276 Å². The number of anilines is 3. The monoisotopic (exact) mass is 652 g/mol. The first kappa shape index (κ1) is 31.7. The molecule has 47 heavy (non-hydrogen) atoms.